The van der Waals surface area contributed by atoms with Crippen LogP contribution in [0.25, 0.3) is 16.6 Å². The molecule has 1 aromatic heterocycles. The maximum absolute atomic E-state index is 13.6. The van der Waals surface area contributed by atoms with Crippen molar-refractivity contribution in [2.45, 2.75) is 39.5 Å². The molecule has 0 unspecified atom stereocenters. The van der Waals surface area contributed by atoms with Crippen LogP contribution in [0.2, 0.25) is 0 Å². The van der Waals surface area contributed by atoms with Crippen LogP contribution in [0.1, 0.15) is 53.4 Å². The number of carbonyl (C=O) groups excluding carboxylic acids is 2. The van der Waals surface area contributed by atoms with E-state index in [1.807, 2.05) is 43.3 Å². The van der Waals surface area contributed by atoms with Gasteiger partial charge in [-0.15, -0.1) is 0 Å². The molecule has 0 saturated carbocycles. The summed E-state index contributed by atoms with van der Waals surface area (Å²) in [4.78, 5) is 26.1. The maximum atomic E-state index is 13.6. The molecule has 0 amide bonds. The summed E-state index contributed by atoms with van der Waals surface area (Å²) in [6, 6.07) is 20.1. The smallest absolute Gasteiger partial charge is 0.545 e. The quantitative estimate of drug-likeness (QED) is 0.233. The van der Waals surface area contributed by atoms with Crippen molar-refractivity contribution in [2.75, 3.05) is 0 Å². The second kappa shape index (κ2) is 11.0. The molecule has 1 heterocycles. The summed E-state index contributed by atoms with van der Waals surface area (Å²) in [5.41, 5.74) is 5.13. The molecule has 7 heteroatoms. The summed E-state index contributed by atoms with van der Waals surface area (Å²) >= 11 is 1.05. The number of fused-ring (bicyclic) bond motifs is 1. The number of carbonyl (C=O) groups is 2. The Bertz CT molecular complexity index is 1400. The second-order valence-corrected chi connectivity index (χ2v) is 9.96. The number of aromatic nitrogens is 2. The van der Waals surface area contributed by atoms with Gasteiger partial charge in [-0.05, 0) is 41.2 Å². The van der Waals surface area contributed by atoms with Gasteiger partial charge in [0.05, 0.1) is 17.7 Å². The first-order valence-corrected chi connectivity index (χ1v) is 11.7. The summed E-state index contributed by atoms with van der Waals surface area (Å²) in [6.07, 6.45) is 0.161. The predicted octanol–water partition coefficient (Wildman–Crippen LogP) is 1.93. The van der Waals surface area contributed by atoms with Gasteiger partial charge >= 0.3 is 29.6 Å². The molecule has 3 aromatic carbocycles. The number of hydrogen-bond acceptors (Lipinski definition) is 6. The van der Waals surface area contributed by atoms with E-state index in [0.717, 1.165) is 28.4 Å². The SMILES string of the molecule is Cc1ccc(C(=O)C(Cc2ccc(C(C)(C)C)cc2)=C(C(=O)[O-])c2ccc3nsnc3c2)cc1.[Na+]. The molecule has 0 N–H and O–H groups in total. The predicted molar refractivity (Wildman–Crippen MR) is 134 cm³/mol. The number of carboxylic acid groups (broad SMARTS) is 1. The molecule has 0 aliphatic rings. The number of allylic oxidation sites excluding steroid dienone is 1. The molecule has 4 aromatic rings. The van der Waals surface area contributed by atoms with Crippen LogP contribution in [-0.4, -0.2) is 20.5 Å². The fourth-order valence-electron chi connectivity index (χ4n) is 3.84. The van der Waals surface area contributed by atoms with E-state index in [1.165, 1.54) is 0 Å². The summed E-state index contributed by atoms with van der Waals surface area (Å²) in [6.45, 7) is 8.33. The number of nitrogens with zero attached hydrogens (tertiary/aromatic N) is 2. The van der Waals surface area contributed by atoms with Crippen LogP contribution in [-0.2, 0) is 16.6 Å². The van der Waals surface area contributed by atoms with Crippen LogP contribution in [0, 0.1) is 6.92 Å². The van der Waals surface area contributed by atoms with Gasteiger partial charge in [-0.2, -0.15) is 8.75 Å². The third-order valence-corrected chi connectivity index (χ3v) is 6.39. The van der Waals surface area contributed by atoms with Crippen molar-refractivity contribution in [3.63, 3.8) is 0 Å². The molecule has 0 aliphatic heterocycles. The molecule has 0 fully saturated rings. The van der Waals surface area contributed by atoms with E-state index >= 15 is 0 Å². The average molecular weight is 493 g/mol. The summed E-state index contributed by atoms with van der Waals surface area (Å²) in [5, 5.41) is 12.4. The zero-order chi connectivity index (χ0) is 24.5. The van der Waals surface area contributed by atoms with Crippen LogP contribution in [0.5, 0.6) is 0 Å². The first kappa shape index (κ1) is 27.0. The molecule has 5 nitrogen and oxygen atoms in total. The number of aliphatic carboxylic acids is 1. The van der Waals surface area contributed by atoms with Gasteiger partial charge in [0.2, 0.25) is 0 Å². The van der Waals surface area contributed by atoms with Crippen LogP contribution >= 0.6 is 11.7 Å². The monoisotopic (exact) mass is 492 g/mol. The van der Waals surface area contributed by atoms with Crippen molar-refractivity contribution in [2.24, 2.45) is 0 Å². The van der Waals surface area contributed by atoms with Gasteiger partial charge in [0.25, 0.3) is 0 Å². The Hall–Kier alpha value is -2.64. The maximum Gasteiger partial charge on any atom is 1.00 e. The third kappa shape index (κ3) is 6.14. The minimum atomic E-state index is -1.40. The number of rotatable bonds is 6. The summed E-state index contributed by atoms with van der Waals surface area (Å²) < 4.78 is 8.40. The molecular weight excluding hydrogens is 467 g/mol. The molecule has 0 saturated heterocycles. The number of benzene rings is 3. The van der Waals surface area contributed by atoms with Gasteiger partial charge in [-0.25, -0.2) is 0 Å². The fraction of sp³-hybridized carbons (Fsp3) is 0.214. The largest absolute Gasteiger partial charge is 1.00 e. The molecule has 0 radical (unpaired) electrons. The topological polar surface area (TPSA) is 83.0 Å². The molecule has 35 heavy (non-hydrogen) atoms. The molecule has 0 spiro atoms. The van der Waals surface area contributed by atoms with Gasteiger partial charge in [0, 0.05) is 23.1 Å². The Labute approximate surface area is 231 Å². The minimum Gasteiger partial charge on any atom is -0.545 e. The molecule has 0 atom stereocenters. The Morgan fingerprint density at radius 2 is 1.46 bits per heavy atom. The minimum absolute atomic E-state index is 0. The Morgan fingerprint density at radius 1 is 0.857 bits per heavy atom. The molecular formula is C28H25N2NaO3S. The van der Waals surface area contributed by atoms with Crippen LogP contribution in [0.15, 0.2) is 72.3 Å². The summed E-state index contributed by atoms with van der Waals surface area (Å²) in [5.74, 6) is -1.74. The van der Waals surface area contributed by atoms with Crippen molar-refractivity contribution >= 4 is 40.1 Å². The number of carboxylic acids is 1. The van der Waals surface area contributed by atoms with E-state index in [2.05, 4.69) is 29.5 Å². The van der Waals surface area contributed by atoms with Crippen LogP contribution in [0.4, 0.5) is 0 Å². The zero-order valence-corrected chi connectivity index (χ0v) is 23.4. The molecule has 0 bridgehead atoms. The van der Waals surface area contributed by atoms with Crippen LogP contribution < -0.4 is 34.7 Å². The van der Waals surface area contributed by atoms with E-state index in [-0.39, 0.29) is 58.3 Å². The first-order valence-electron chi connectivity index (χ1n) is 11.0. The van der Waals surface area contributed by atoms with Crippen molar-refractivity contribution in [3.05, 3.63) is 100 Å². The van der Waals surface area contributed by atoms with Gasteiger partial charge in [0.1, 0.15) is 11.0 Å². The third-order valence-electron chi connectivity index (χ3n) is 5.84. The van der Waals surface area contributed by atoms with E-state index in [1.54, 1.807) is 30.3 Å². The van der Waals surface area contributed by atoms with Crippen molar-refractivity contribution in [1.82, 2.24) is 8.75 Å². The fourth-order valence-corrected chi connectivity index (χ4v) is 4.36. The van der Waals surface area contributed by atoms with Gasteiger partial charge in [0.15, 0.2) is 5.78 Å². The van der Waals surface area contributed by atoms with E-state index in [4.69, 9.17) is 0 Å². The number of Topliss-reactive ketones (excluding diaryl/α,β-unsaturated/α-hetero) is 1. The molecule has 0 aliphatic carbocycles. The van der Waals surface area contributed by atoms with Crippen molar-refractivity contribution in [1.29, 1.82) is 0 Å². The van der Waals surface area contributed by atoms with Gasteiger partial charge < -0.3 is 9.90 Å². The standard InChI is InChI=1S/C28H26N2O3S.Na/c1-17-5-9-19(10-6-17)26(31)22(15-18-7-12-21(13-8-18)28(2,3)4)25(27(32)33)20-11-14-23-24(16-20)30-34-29-23;/h5-14,16H,15H2,1-4H3,(H,32,33);/q;+1/p-1. The second-order valence-electron chi connectivity index (χ2n) is 9.43. The number of aryl methyl sites for hydroxylation is 1. The van der Waals surface area contributed by atoms with Gasteiger partial charge in [-0.1, -0.05) is 80.9 Å². The van der Waals surface area contributed by atoms with Crippen LogP contribution in [0.3, 0.4) is 0 Å². The zero-order valence-electron chi connectivity index (χ0n) is 20.6. The summed E-state index contributed by atoms with van der Waals surface area (Å²) in [7, 11) is 0. The number of hydrogen-bond donors (Lipinski definition) is 0. The van der Waals surface area contributed by atoms with Crippen molar-refractivity contribution in [3.8, 4) is 0 Å². The normalized spacial score (nSPS) is 12.1. The molecule has 172 valence electrons. The van der Waals surface area contributed by atoms with E-state index < -0.39 is 5.97 Å². The molecule has 4 rings (SSSR count). The van der Waals surface area contributed by atoms with E-state index in [0.29, 0.717) is 22.2 Å². The van der Waals surface area contributed by atoms with E-state index in [9.17, 15) is 14.7 Å². The van der Waals surface area contributed by atoms with Gasteiger partial charge in [-0.3, -0.25) is 4.79 Å². The number of ketones is 1. The first-order chi connectivity index (χ1) is 16.1. The Kier molecular flexibility index (Phi) is 8.44. The Balaban J connectivity index is 0.00000342. The Morgan fingerprint density at radius 3 is 2.06 bits per heavy atom. The average Bonchev–Trinajstić information content (AvgIpc) is 3.26. The van der Waals surface area contributed by atoms with Crippen molar-refractivity contribution < 1.29 is 44.3 Å².